The lowest BCUT2D eigenvalue weighted by atomic mass is 9.68. The molecule has 1 fully saturated rings. The van der Waals surface area contributed by atoms with Crippen molar-refractivity contribution in [1.29, 1.82) is 0 Å². The quantitative estimate of drug-likeness (QED) is 0.740. The lowest BCUT2D eigenvalue weighted by Gasteiger charge is -2.48. The molecule has 0 radical (unpaired) electrons. The predicted molar refractivity (Wildman–Crippen MR) is 66.6 cm³/mol. The number of benzene rings is 1. The van der Waals surface area contributed by atoms with Gasteiger partial charge in [-0.15, -0.1) is 11.6 Å². The summed E-state index contributed by atoms with van der Waals surface area (Å²) >= 11 is 9.57. The van der Waals surface area contributed by atoms with Gasteiger partial charge < -0.3 is 4.74 Å². The molecule has 0 heterocycles. The van der Waals surface area contributed by atoms with E-state index in [1.54, 1.807) is 0 Å². The van der Waals surface area contributed by atoms with Crippen LogP contribution in [0.15, 0.2) is 28.7 Å². The van der Waals surface area contributed by atoms with Gasteiger partial charge in [0.2, 0.25) is 0 Å². The Kier molecular flexibility index (Phi) is 3.00. The Bertz CT molecular complexity index is 364. The first-order valence-electron chi connectivity index (χ1n) is 5.06. The van der Waals surface area contributed by atoms with Crippen LogP contribution in [-0.4, -0.2) is 11.5 Å². The molecule has 1 nitrogen and oxygen atoms in total. The zero-order chi connectivity index (χ0) is 11.1. The molecule has 0 saturated heterocycles. The second-order valence-corrected chi connectivity index (χ2v) is 6.03. The van der Waals surface area contributed by atoms with E-state index in [0.29, 0.717) is 0 Å². The standard InChI is InChI=1S/C12H14BrClO/c1-12(2)10(14)7-11(12)15-9-5-3-4-8(13)6-9/h3-6,10-11H,7H2,1-2H3. The molecule has 3 heteroatoms. The number of hydrogen-bond acceptors (Lipinski definition) is 1. The zero-order valence-electron chi connectivity index (χ0n) is 8.84. The summed E-state index contributed by atoms with van der Waals surface area (Å²) in [6.45, 7) is 4.30. The predicted octanol–water partition coefficient (Wildman–Crippen LogP) is 4.23. The minimum atomic E-state index is 0.0733. The van der Waals surface area contributed by atoms with Crippen molar-refractivity contribution >= 4 is 27.5 Å². The molecule has 2 atom stereocenters. The van der Waals surface area contributed by atoms with Crippen molar-refractivity contribution in [3.63, 3.8) is 0 Å². The molecule has 1 saturated carbocycles. The highest BCUT2D eigenvalue weighted by Crippen LogP contribution is 2.46. The maximum Gasteiger partial charge on any atom is 0.120 e. The van der Waals surface area contributed by atoms with Crippen molar-refractivity contribution in [2.24, 2.45) is 5.41 Å². The molecule has 1 aromatic rings. The fourth-order valence-electron chi connectivity index (χ4n) is 1.74. The molecule has 0 aromatic heterocycles. The van der Waals surface area contributed by atoms with Crippen LogP contribution in [0.3, 0.4) is 0 Å². The molecule has 82 valence electrons. The first-order valence-corrected chi connectivity index (χ1v) is 6.29. The van der Waals surface area contributed by atoms with Gasteiger partial charge in [0, 0.05) is 21.7 Å². The van der Waals surface area contributed by atoms with Gasteiger partial charge in [0.25, 0.3) is 0 Å². The van der Waals surface area contributed by atoms with Gasteiger partial charge in [-0.2, -0.15) is 0 Å². The van der Waals surface area contributed by atoms with Crippen LogP contribution in [-0.2, 0) is 0 Å². The maximum atomic E-state index is 6.14. The number of hydrogen-bond donors (Lipinski definition) is 0. The fourth-order valence-corrected chi connectivity index (χ4v) is 2.42. The first kappa shape index (κ1) is 11.3. The van der Waals surface area contributed by atoms with Crippen LogP contribution in [0, 0.1) is 5.41 Å². The van der Waals surface area contributed by atoms with Gasteiger partial charge >= 0.3 is 0 Å². The number of ether oxygens (including phenoxy) is 1. The summed E-state index contributed by atoms with van der Waals surface area (Å²) < 4.78 is 6.94. The van der Waals surface area contributed by atoms with Crippen LogP contribution >= 0.6 is 27.5 Å². The molecule has 1 aromatic carbocycles. The summed E-state index contributed by atoms with van der Waals surface area (Å²) in [6, 6.07) is 7.92. The highest BCUT2D eigenvalue weighted by Gasteiger charge is 2.49. The molecule has 0 aliphatic heterocycles. The Morgan fingerprint density at radius 2 is 2.20 bits per heavy atom. The fraction of sp³-hybridized carbons (Fsp3) is 0.500. The second kappa shape index (κ2) is 3.99. The van der Waals surface area contributed by atoms with E-state index in [2.05, 4.69) is 29.8 Å². The van der Waals surface area contributed by atoms with Crippen molar-refractivity contribution < 1.29 is 4.74 Å². The van der Waals surface area contributed by atoms with Gasteiger partial charge in [0.15, 0.2) is 0 Å². The Morgan fingerprint density at radius 3 is 2.73 bits per heavy atom. The Labute approximate surface area is 104 Å². The minimum absolute atomic E-state index is 0.0733. The molecule has 2 rings (SSSR count). The van der Waals surface area contributed by atoms with E-state index in [1.165, 1.54) is 0 Å². The van der Waals surface area contributed by atoms with Crippen molar-refractivity contribution in [3.05, 3.63) is 28.7 Å². The molecular formula is C12H14BrClO. The molecule has 0 bridgehead atoms. The number of rotatable bonds is 2. The van der Waals surface area contributed by atoms with E-state index >= 15 is 0 Å². The van der Waals surface area contributed by atoms with Crippen molar-refractivity contribution in [2.45, 2.75) is 31.7 Å². The largest absolute Gasteiger partial charge is 0.490 e. The lowest BCUT2D eigenvalue weighted by molar-refractivity contribution is -0.0130. The van der Waals surface area contributed by atoms with Crippen LogP contribution in [0.25, 0.3) is 0 Å². The molecule has 2 unspecified atom stereocenters. The molecule has 1 aliphatic rings. The van der Waals surface area contributed by atoms with Gasteiger partial charge in [0.1, 0.15) is 11.9 Å². The topological polar surface area (TPSA) is 9.23 Å². The van der Waals surface area contributed by atoms with Gasteiger partial charge in [-0.05, 0) is 18.2 Å². The van der Waals surface area contributed by atoms with Crippen LogP contribution < -0.4 is 4.74 Å². The monoisotopic (exact) mass is 288 g/mol. The molecule has 15 heavy (non-hydrogen) atoms. The lowest BCUT2D eigenvalue weighted by Crippen LogP contribution is -2.53. The van der Waals surface area contributed by atoms with Crippen molar-refractivity contribution in [2.75, 3.05) is 0 Å². The maximum absolute atomic E-state index is 6.14. The van der Waals surface area contributed by atoms with E-state index in [9.17, 15) is 0 Å². The average Bonchev–Trinajstić information content (AvgIpc) is 2.17. The molecule has 1 aliphatic carbocycles. The second-order valence-electron chi connectivity index (χ2n) is 4.59. The SMILES string of the molecule is CC1(C)C(Cl)CC1Oc1cccc(Br)c1. The summed E-state index contributed by atoms with van der Waals surface area (Å²) in [5, 5.41) is 0.231. The number of halogens is 2. The molecule has 0 spiro atoms. The average molecular weight is 290 g/mol. The van der Waals surface area contributed by atoms with Crippen LogP contribution in [0.1, 0.15) is 20.3 Å². The summed E-state index contributed by atoms with van der Waals surface area (Å²) in [5.74, 6) is 0.908. The van der Waals surface area contributed by atoms with Gasteiger partial charge in [-0.1, -0.05) is 35.8 Å². The van der Waals surface area contributed by atoms with Gasteiger partial charge in [0.05, 0.1) is 0 Å². The third-order valence-electron chi connectivity index (χ3n) is 3.13. The van der Waals surface area contributed by atoms with E-state index in [-0.39, 0.29) is 16.9 Å². The van der Waals surface area contributed by atoms with E-state index in [0.717, 1.165) is 16.6 Å². The Hall–Kier alpha value is -0.210. The zero-order valence-corrected chi connectivity index (χ0v) is 11.2. The summed E-state index contributed by atoms with van der Waals surface area (Å²) in [5.41, 5.74) is 0.0733. The van der Waals surface area contributed by atoms with E-state index in [4.69, 9.17) is 16.3 Å². The normalized spacial score (nSPS) is 28.3. The molecule has 0 N–H and O–H groups in total. The summed E-state index contributed by atoms with van der Waals surface area (Å²) in [6.07, 6.45) is 1.16. The highest BCUT2D eigenvalue weighted by atomic mass is 79.9. The first-order chi connectivity index (χ1) is 7.00. The molecular weight excluding hydrogens is 275 g/mol. The summed E-state index contributed by atoms with van der Waals surface area (Å²) in [4.78, 5) is 0. The van der Waals surface area contributed by atoms with Gasteiger partial charge in [-0.3, -0.25) is 0 Å². The smallest absolute Gasteiger partial charge is 0.120 e. The summed E-state index contributed by atoms with van der Waals surface area (Å²) in [7, 11) is 0. The third kappa shape index (κ3) is 2.16. The number of alkyl halides is 1. The molecule has 0 amide bonds. The minimum Gasteiger partial charge on any atom is -0.490 e. The van der Waals surface area contributed by atoms with Crippen LogP contribution in [0.2, 0.25) is 0 Å². The Morgan fingerprint density at radius 1 is 1.47 bits per heavy atom. The Balaban J connectivity index is 2.05. The van der Waals surface area contributed by atoms with Crippen molar-refractivity contribution in [1.82, 2.24) is 0 Å². The van der Waals surface area contributed by atoms with E-state index in [1.807, 2.05) is 24.3 Å². The highest BCUT2D eigenvalue weighted by molar-refractivity contribution is 9.10. The van der Waals surface area contributed by atoms with Crippen LogP contribution in [0.5, 0.6) is 5.75 Å². The van der Waals surface area contributed by atoms with Gasteiger partial charge in [-0.25, -0.2) is 0 Å². The van der Waals surface area contributed by atoms with Crippen LogP contribution in [0.4, 0.5) is 0 Å². The van der Waals surface area contributed by atoms with E-state index < -0.39 is 0 Å². The third-order valence-corrected chi connectivity index (χ3v) is 4.37. The van der Waals surface area contributed by atoms with Crippen molar-refractivity contribution in [3.8, 4) is 5.75 Å².